The summed E-state index contributed by atoms with van der Waals surface area (Å²) in [5.41, 5.74) is 1.33. The molecule has 2 aromatic carbocycles. The number of nitrogens with one attached hydrogen (secondary N) is 1. The van der Waals surface area contributed by atoms with Crippen molar-refractivity contribution in [2.24, 2.45) is 0 Å². The SMILES string of the molecule is COc1ccc(-c2nnc(SCC(=O)Nc3cc(Cl)ccc3Cl)n2Cc2ccco2)cc1. The average molecular weight is 489 g/mol. The van der Waals surface area contributed by atoms with Crippen LogP contribution >= 0.6 is 35.0 Å². The fourth-order valence-electron chi connectivity index (χ4n) is 2.96. The molecule has 32 heavy (non-hydrogen) atoms. The molecule has 0 fully saturated rings. The smallest absolute Gasteiger partial charge is 0.234 e. The molecule has 0 bridgehead atoms. The fourth-order valence-corrected chi connectivity index (χ4v) is 4.03. The summed E-state index contributed by atoms with van der Waals surface area (Å²) in [6.07, 6.45) is 1.61. The number of hydrogen-bond acceptors (Lipinski definition) is 6. The first-order valence-electron chi connectivity index (χ1n) is 9.51. The Balaban J connectivity index is 1.54. The lowest BCUT2D eigenvalue weighted by Gasteiger charge is -2.10. The van der Waals surface area contributed by atoms with E-state index in [-0.39, 0.29) is 11.7 Å². The number of ether oxygens (including phenoxy) is 1. The van der Waals surface area contributed by atoms with E-state index in [1.54, 1.807) is 31.6 Å². The number of halogens is 2. The van der Waals surface area contributed by atoms with Crippen molar-refractivity contribution in [1.29, 1.82) is 0 Å². The highest BCUT2D eigenvalue weighted by atomic mass is 35.5. The van der Waals surface area contributed by atoms with Crippen LogP contribution in [0.1, 0.15) is 5.76 Å². The number of furan rings is 1. The van der Waals surface area contributed by atoms with E-state index in [2.05, 4.69) is 15.5 Å². The molecule has 2 heterocycles. The number of rotatable bonds is 8. The lowest BCUT2D eigenvalue weighted by atomic mass is 10.2. The van der Waals surface area contributed by atoms with Gasteiger partial charge in [-0.1, -0.05) is 35.0 Å². The third-order valence-corrected chi connectivity index (χ3v) is 6.03. The molecule has 0 aliphatic heterocycles. The zero-order valence-corrected chi connectivity index (χ0v) is 19.2. The van der Waals surface area contributed by atoms with Gasteiger partial charge in [0, 0.05) is 10.6 Å². The zero-order valence-electron chi connectivity index (χ0n) is 16.9. The van der Waals surface area contributed by atoms with Crippen LogP contribution in [0.4, 0.5) is 5.69 Å². The number of methoxy groups -OCH3 is 1. The Labute approximate surface area is 198 Å². The van der Waals surface area contributed by atoms with Gasteiger partial charge in [-0.25, -0.2) is 0 Å². The summed E-state index contributed by atoms with van der Waals surface area (Å²) in [7, 11) is 1.62. The van der Waals surface area contributed by atoms with E-state index in [1.165, 1.54) is 11.8 Å². The van der Waals surface area contributed by atoms with Crippen LogP contribution in [-0.2, 0) is 11.3 Å². The molecule has 1 amide bonds. The van der Waals surface area contributed by atoms with E-state index in [0.29, 0.717) is 33.3 Å². The number of aromatic nitrogens is 3. The number of benzene rings is 2. The normalized spacial score (nSPS) is 10.8. The van der Waals surface area contributed by atoms with Gasteiger partial charge in [-0.05, 0) is 54.6 Å². The predicted octanol–water partition coefficient (Wildman–Crippen LogP) is 5.63. The molecule has 0 spiro atoms. The lowest BCUT2D eigenvalue weighted by Crippen LogP contribution is -2.15. The topological polar surface area (TPSA) is 82.2 Å². The Hall–Kier alpha value is -2.94. The van der Waals surface area contributed by atoms with Gasteiger partial charge in [0.05, 0.1) is 36.4 Å². The summed E-state index contributed by atoms with van der Waals surface area (Å²) in [4.78, 5) is 12.5. The van der Waals surface area contributed by atoms with Gasteiger partial charge in [0.15, 0.2) is 11.0 Å². The second-order valence-corrected chi connectivity index (χ2v) is 8.45. The Morgan fingerprint density at radius 3 is 2.69 bits per heavy atom. The van der Waals surface area contributed by atoms with Gasteiger partial charge in [0.2, 0.25) is 5.91 Å². The van der Waals surface area contributed by atoms with Crippen molar-refractivity contribution in [2.45, 2.75) is 11.7 Å². The van der Waals surface area contributed by atoms with E-state index in [9.17, 15) is 4.79 Å². The third-order valence-electron chi connectivity index (χ3n) is 4.49. The quantitative estimate of drug-likeness (QED) is 0.323. The fraction of sp³-hybridized carbons (Fsp3) is 0.136. The highest BCUT2D eigenvalue weighted by molar-refractivity contribution is 7.99. The number of hydrogen-bond donors (Lipinski definition) is 1. The van der Waals surface area contributed by atoms with Crippen LogP contribution < -0.4 is 10.1 Å². The summed E-state index contributed by atoms with van der Waals surface area (Å²) < 4.78 is 12.6. The number of nitrogens with zero attached hydrogens (tertiary/aromatic N) is 3. The summed E-state index contributed by atoms with van der Waals surface area (Å²) in [5, 5.41) is 12.9. The number of anilines is 1. The van der Waals surface area contributed by atoms with Crippen molar-refractivity contribution < 1.29 is 13.9 Å². The van der Waals surface area contributed by atoms with Crippen LogP contribution in [0, 0.1) is 0 Å². The van der Waals surface area contributed by atoms with Crippen molar-refractivity contribution >= 4 is 46.6 Å². The minimum atomic E-state index is -0.238. The summed E-state index contributed by atoms with van der Waals surface area (Å²) in [6, 6.07) is 16.1. The largest absolute Gasteiger partial charge is 0.497 e. The molecule has 0 saturated heterocycles. The molecular weight excluding hydrogens is 471 g/mol. The molecule has 0 aliphatic carbocycles. The van der Waals surface area contributed by atoms with Gasteiger partial charge in [-0.3, -0.25) is 9.36 Å². The number of carbonyl (C=O) groups excluding carboxylic acids is 1. The van der Waals surface area contributed by atoms with Crippen LogP contribution in [0.2, 0.25) is 10.0 Å². The molecule has 1 N–H and O–H groups in total. The Bertz CT molecular complexity index is 1210. The van der Waals surface area contributed by atoms with E-state index < -0.39 is 0 Å². The van der Waals surface area contributed by atoms with Crippen molar-refractivity contribution in [3.05, 3.63) is 76.7 Å². The number of thioether (sulfide) groups is 1. The predicted molar refractivity (Wildman–Crippen MR) is 126 cm³/mol. The average Bonchev–Trinajstić information content (AvgIpc) is 3.45. The van der Waals surface area contributed by atoms with Gasteiger partial charge in [0.25, 0.3) is 0 Å². The molecule has 2 aromatic heterocycles. The van der Waals surface area contributed by atoms with Crippen LogP contribution in [-0.4, -0.2) is 33.5 Å². The first-order valence-corrected chi connectivity index (χ1v) is 11.3. The Kier molecular flexibility index (Phi) is 7.04. The van der Waals surface area contributed by atoms with Crippen molar-refractivity contribution in [3.8, 4) is 17.1 Å². The third kappa shape index (κ3) is 5.27. The first-order chi connectivity index (χ1) is 15.5. The van der Waals surface area contributed by atoms with Gasteiger partial charge in [-0.15, -0.1) is 10.2 Å². The van der Waals surface area contributed by atoms with Crippen molar-refractivity contribution in [3.63, 3.8) is 0 Å². The van der Waals surface area contributed by atoms with Crippen LogP contribution in [0.3, 0.4) is 0 Å². The Morgan fingerprint density at radius 2 is 1.97 bits per heavy atom. The van der Waals surface area contributed by atoms with E-state index in [4.69, 9.17) is 32.4 Å². The molecule has 10 heteroatoms. The molecule has 4 rings (SSSR count). The maximum absolute atomic E-state index is 12.5. The van der Waals surface area contributed by atoms with Gasteiger partial charge in [-0.2, -0.15) is 0 Å². The maximum atomic E-state index is 12.5. The van der Waals surface area contributed by atoms with Gasteiger partial charge in [0.1, 0.15) is 11.5 Å². The monoisotopic (exact) mass is 488 g/mol. The lowest BCUT2D eigenvalue weighted by molar-refractivity contribution is -0.113. The number of amides is 1. The zero-order chi connectivity index (χ0) is 22.5. The van der Waals surface area contributed by atoms with E-state index in [1.807, 2.05) is 41.0 Å². The highest BCUT2D eigenvalue weighted by Crippen LogP contribution is 2.28. The van der Waals surface area contributed by atoms with Crippen molar-refractivity contribution in [1.82, 2.24) is 14.8 Å². The minimum absolute atomic E-state index is 0.113. The number of carbonyl (C=O) groups is 1. The summed E-state index contributed by atoms with van der Waals surface area (Å²) in [6.45, 7) is 0.422. The van der Waals surface area contributed by atoms with Gasteiger partial charge >= 0.3 is 0 Å². The van der Waals surface area contributed by atoms with Crippen LogP contribution in [0.5, 0.6) is 5.75 Å². The molecule has 0 aliphatic rings. The second kappa shape index (κ2) is 10.1. The standard InChI is InChI=1S/C22H18Cl2N4O3S/c1-30-16-7-4-14(5-8-16)21-26-27-22(28(21)12-17-3-2-10-31-17)32-13-20(29)25-19-11-15(23)6-9-18(19)24/h2-11H,12-13H2,1H3,(H,25,29). The summed E-state index contributed by atoms with van der Waals surface area (Å²) >= 11 is 13.4. The molecule has 0 radical (unpaired) electrons. The maximum Gasteiger partial charge on any atom is 0.234 e. The molecule has 164 valence electrons. The Morgan fingerprint density at radius 1 is 1.16 bits per heavy atom. The molecule has 0 unspecified atom stereocenters. The second-order valence-electron chi connectivity index (χ2n) is 6.66. The van der Waals surface area contributed by atoms with E-state index in [0.717, 1.165) is 17.1 Å². The molecule has 0 atom stereocenters. The highest BCUT2D eigenvalue weighted by Gasteiger charge is 2.17. The van der Waals surface area contributed by atoms with E-state index >= 15 is 0 Å². The van der Waals surface area contributed by atoms with Crippen molar-refractivity contribution in [2.75, 3.05) is 18.2 Å². The summed E-state index contributed by atoms with van der Waals surface area (Å²) in [5.74, 6) is 2.03. The van der Waals surface area contributed by atoms with Crippen LogP contribution in [0.25, 0.3) is 11.4 Å². The minimum Gasteiger partial charge on any atom is -0.497 e. The molecule has 0 saturated carbocycles. The van der Waals surface area contributed by atoms with Gasteiger partial charge < -0.3 is 14.5 Å². The van der Waals surface area contributed by atoms with Crippen LogP contribution in [0.15, 0.2) is 70.4 Å². The molecule has 7 nitrogen and oxygen atoms in total. The molecule has 4 aromatic rings. The first kappa shape index (κ1) is 22.3. The molecular formula is C22H18Cl2N4O3S.